The minimum Gasteiger partial charge on any atom is -0.360 e. The number of carbonyl (C=O) groups is 2. The smallest absolute Gasteiger partial charge is 0.360 e. The van der Waals surface area contributed by atoms with E-state index in [0.717, 1.165) is 30.2 Å². The van der Waals surface area contributed by atoms with E-state index in [1.807, 2.05) is 11.8 Å². The van der Waals surface area contributed by atoms with Crippen molar-refractivity contribution >= 4 is 17.6 Å². The highest BCUT2D eigenvalue weighted by Crippen LogP contribution is 2.38. The van der Waals surface area contributed by atoms with Gasteiger partial charge in [-0.25, -0.2) is 9.69 Å². The van der Waals surface area contributed by atoms with E-state index in [9.17, 15) is 22.8 Å². The van der Waals surface area contributed by atoms with Gasteiger partial charge in [-0.2, -0.15) is 13.2 Å². The third kappa shape index (κ3) is 3.75. The Kier molecular flexibility index (Phi) is 5.42. The molecular formula is C21H28F3N4O2+. The van der Waals surface area contributed by atoms with E-state index in [4.69, 9.17) is 0 Å². The lowest BCUT2D eigenvalue weighted by atomic mass is 9.73. The van der Waals surface area contributed by atoms with Crippen LogP contribution < -0.4 is 15.1 Å². The largest absolute Gasteiger partial charge is 0.416 e. The third-order valence-corrected chi connectivity index (χ3v) is 6.89. The van der Waals surface area contributed by atoms with Crippen LogP contribution in [0, 0.1) is 5.92 Å². The van der Waals surface area contributed by atoms with Crippen molar-refractivity contribution in [2.75, 3.05) is 37.7 Å². The lowest BCUT2D eigenvalue weighted by Crippen LogP contribution is -3.16. The predicted octanol–water partition coefficient (Wildman–Crippen LogP) is 1.87. The van der Waals surface area contributed by atoms with Crippen molar-refractivity contribution in [3.05, 3.63) is 29.8 Å². The Morgan fingerprint density at radius 2 is 1.93 bits per heavy atom. The molecule has 1 aromatic carbocycles. The maximum absolute atomic E-state index is 13.1. The molecule has 3 fully saturated rings. The zero-order chi connectivity index (χ0) is 21.5. The second-order valence-corrected chi connectivity index (χ2v) is 8.72. The lowest BCUT2D eigenvalue weighted by Gasteiger charge is -2.37. The topological polar surface area (TPSA) is 57.1 Å². The van der Waals surface area contributed by atoms with Gasteiger partial charge in [0.2, 0.25) is 0 Å². The van der Waals surface area contributed by atoms with Crippen LogP contribution in [0.2, 0.25) is 0 Å². The molecule has 0 unspecified atom stereocenters. The van der Waals surface area contributed by atoms with Gasteiger partial charge in [-0.1, -0.05) is 25.8 Å². The number of piperazine rings is 1. The maximum atomic E-state index is 13.1. The molecule has 6 nitrogen and oxygen atoms in total. The van der Waals surface area contributed by atoms with E-state index < -0.39 is 17.3 Å². The molecule has 3 amide bonds. The number of hydrogen-bond acceptors (Lipinski definition) is 3. The summed E-state index contributed by atoms with van der Waals surface area (Å²) in [4.78, 5) is 30.0. The maximum Gasteiger partial charge on any atom is 0.416 e. The average molecular weight is 425 g/mol. The van der Waals surface area contributed by atoms with Gasteiger partial charge in [0.15, 0.2) is 6.67 Å². The van der Waals surface area contributed by atoms with Crippen molar-refractivity contribution in [1.82, 2.24) is 10.2 Å². The summed E-state index contributed by atoms with van der Waals surface area (Å²) < 4.78 is 38.9. The highest BCUT2D eigenvalue weighted by Gasteiger charge is 2.55. The van der Waals surface area contributed by atoms with Crippen LogP contribution in [0.5, 0.6) is 0 Å². The van der Waals surface area contributed by atoms with Gasteiger partial charge in [0.05, 0.1) is 31.7 Å². The van der Waals surface area contributed by atoms with Gasteiger partial charge >= 0.3 is 12.2 Å². The van der Waals surface area contributed by atoms with Gasteiger partial charge in [-0.15, -0.1) is 0 Å². The van der Waals surface area contributed by atoms with E-state index in [0.29, 0.717) is 45.0 Å². The van der Waals surface area contributed by atoms with Crippen molar-refractivity contribution in [3.63, 3.8) is 0 Å². The summed E-state index contributed by atoms with van der Waals surface area (Å²) in [5, 5.41) is 2.97. The zero-order valence-electron chi connectivity index (χ0n) is 17.1. The van der Waals surface area contributed by atoms with Crippen molar-refractivity contribution in [2.24, 2.45) is 5.92 Å². The Hall–Kier alpha value is -2.29. The van der Waals surface area contributed by atoms with Crippen molar-refractivity contribution in [1.29, 1.82) is 0 Å². The zero-order valence-corrected chi connectivity index (χ0v) is 17.1. The number of urea groups is 1. The van der Waals surface area contributed by atoms with Gasteiger partial charge in [0, 0.05) is 5.69 Å². The normalized spacial score (nSPS) is 28.3. The van der Waals surface area contributed by atoms with E-state index in [1.165, 1.54) is 17.0 Å². The van der Waals surface area contributed by atoms with Crippen LogP contribution in [0.3, 0.4) is 0 Å². The third-order valence-electron chi connectivity index (χ3n) is 6.89. The first kappa shape index (κ1) is 21.0. The molecule has 2 heterocycles. The van der Waals surface area contributed by atoms with Crippen LogP contribution in [0.15, 0.2) is 24.3 Å². The van der Waals surface area contributed by atoms with Crippen molar-refractivity contribution in [3.8, 4) is 0 Å². The second-order valence-electron chi connectivity index (χ2n) is 8.72. The molecule has 1 saturated carbocycles. The Labute approximate surface area is 174 Å². The van der Waals surface area contributed by atoms with Gasteiger partial charge in [-0.3, -0.25) is 4.79 Å². The number of rotatable bonds is 3. The fraction of sp³-hybridized carbons (Fsp3) is 0.619. The van der Waals surface area contributed by atoms with Gasteiger partial charge in [-0.05, 0) is 37.0 Å². The standard InChI is InChI=1S/C21H27F3N4O2/c1-15-5-2-3-8-20(15)18(29)28(19(30)25-20)14-26-9-11-27(12-10-26)17-7-4-6-16(13-17)21(22,23)24/h4,6-7,13,15H,2-3,5,8-12,14H2,1H3,(H,25,30)/p+1/t15-,20-/m1/s1. The van der Waals surface area contributed by atoms with E-state index in [1.54, 1.807) is 6.07 Å². The molecule has 2 aliphatic heterocycles. The Bertz CT molecular complexity index is 823. The first-order valence-electron chi connectivity index (χ1n) is 10.6. The molecule has 2 atom stereocenters. The van der Waals surface area contributed by atoms with Crippen LogP contribution in [0.4, 0.5) is 23.7 Å². The second kappa shape index (κ2) is 7.76. The van der Waals surface area contributed by atoms with Crippen LogP contribution in [0.1, 0.15) is 38.2 Å². The Morgan fingerprint density at radius 3 is 2.60 bits per heavy atom. The molecule has 1 spiro atoms. The highest BCUT2D eigenvalue weighted by molar-refractivity contribution is 6.07. The lowest BCUT2D eigenvalue weighted by molar-refractivity contribution is -0.907. The summed E-state index contributed by atoms with van der Waals surface area (Å²) in [5.74, 6) is 0.00737. The average Bonchev–Trinajstić information content (AvgIpc) is 2.95. The number of quaternary nitrogens is 1. The Morgan fingerprint density at radius 1 is 1.20 bits per heavy atom. The fourth-order valence-electron chi connectivity index (χ4n) is 4.98. The summed E-state index contributed by atoms with van der Waals surface area (Å²) in [6, 6.07) is 5.05. The number of imide groups is 1. The molecule has 0 radical (unpaired) electrons. The quantitative estimate of drug-likeness (QED) is 0.727. The fourth-order valence-corrected chi connectivity index (χ4v) is 4.98. The van der Waals surface area contributed by atoms with Gasteiger partial charge in [0.25, 0.3) is 5.91 Å². The van der Waals surface area contributed by atoms with E-state index >= 15 is 0 Å². The van der Waals surface area contributed by atoms with Crippen LogP contribution in [-0.2, 0) is 11.0 Å². The molecule has 0 aromatic heterocycles. The predicted molar refractivity (Wildman–Crippen MR) is 105 cm³/mol. The summed E-state index contributed by atoms with van der Waals surface area (Å²) in [6.07, 6.45) is -0.726. The number of nitrogens with one attached hydrogen (secondary N) is 2. The first-order valence-corrected chi connectivity index (χ1v) is 10.6. The molecule has 1 aliphatic carbocycles. The monoisotopic (exact) mass is 425 g/mol. The van der Waals surface area contributed by atoms with Crippen molar-refractivity contribution in [2.45, 2.75) is 44.3 Å². The first-order chi connectivity index (χ1) is 14.2. The molecule has 2 N–H and O–H groups in total. The van der Waals surface area contributed by atoms with Crippen LogP contribution in [0.25, 0.3) is 0 Å². The van der Waals surface area contributed by atoms with Crippen molar-refractivity contribution < 1.29 is 27.7 Å². The van der Waals surface area contributed by atoms with Crippen LogP contribution >= 0.6 is 0 Å². The number of alkyl halides is 3. The summed E-state index contributed by atoms with van der Waals surface area (Å²) in [6.45, 7) is 4.77. The molecule has 9 heteroatoms. The summed E-state index contributed by atoms with van der Waals surface area (Å²) in [7, 11) is 0. The van der Waals surface area contributed by atoms with Gasteiger partial charge < -0.3 is 15.1 Å². The van der Waals surface area contributed by atoms with E-state index in [-0.39, 0.29) is 17.9 Å². The SMILES string of the molecule is C[C@@H]1CCCC[C@@]12NC(=O)N(C[NH+]1CCN(c3cccc(C(F)(F)F)c3)CC1)C2=O. The Balaban J connectivity index is 1.37. The number of amides is 3. The molecule has 164 valence electrons. The van der Waals surface area contributed by atoms with E-state index in [2.05, 4.69) is 5.32 Å². The highest BCUT2D eigenvalue weighted by atomic mass is 19.4. The number of hydrogen-bond donors (Lipinski definition) is 2. The summed E-state index contributed by atoms with van der Waals surface area (Å²) >= 11 is 0. The number of halogens is 3. The van der Waals surface area contributed by atoms with Gasteiger partial charge in [0.1, 0.15) is 5.54 Å². The molecule has 0 bridgehead atoms. The summed E-state index contributed by atoms with van der Waals surface area (Å²) in [5.41, 5.74) is -0.857. The number of carbonyl (C=O) groups excluding carboxylic acids is 2. The number of benzene rings is 1. The molecule has 30 heavy (non-hydrogen) atoms. The van der Waals surface area contributed by atoms with Crippen LogP contribution in [-0.4, -0.2) is 55.2 Å². The molecule has 4 rings (SSSR count). The molecule has 2 saturated heterocycles. The number of anilines is 1. The number of nitrogens with zero attached hydrogens (tertiary/aromatic N) is 2. The molecular weight excluding hydrogens is 397 g/mol. The minimum atomic E-state index is -4.36. The molecule has 1 aromatic rings. The minimum absolute atomic E-state index is 0.118. The molecule has 3 aliphatic rings.